The van der Waals surface area contributed by atoms with E-state index in [4.69, 9.17) is 0 Å². The van der Waals surface area contributed by atoms with Crippen molar-refractivity contribution in [3.05, 3.63) is 86.5 Å². The molecule has 0 aromatic heterocycles. The van der Waals surface area contributed by atoms with E-state index in [0.29, 0.717) is 0 Å². The Labute approximate surface area is 374 Å². The topological polar surface area (TPSA) is 25.3 Å². The Balaban J connectivity index is 0.00000225. The summed E-state index contributed by atoms with van der Waals surface area (Å²) in [4.78, 5) is 0. The zero-order chi connectivity index (χ0) is 42.9. The van der Waals surface area contributed by atoms with Gasteiger partial charge in [-0.25, -0.2) is 4.70 Å². The van der Waals surface area contributed by atoms with Crippen LogP contribution in [0.2, 0.25) is 10.8 Å². The second-order valence-electron chi connectivity index (χ2n) is 17.5. The monoisotopic (exact) mass is 853 g/mol. The third kappa shape index (κ3) is 21.1. The Morgan fingerprint density at radius 1 is 0.339 bits per heavy atom. The van der Waals surface area contributed by atoms with Crippen LogP contribution in [0.3, 0.4) is 0 Å². The van der Waals surface area contributed by atoms with Gasteiger partial charge in [-0.1, -0.05) is 169 Å². The van der Waals surface area contributed by atoms with Gasteiger partial charge >= 0.3 is 39.1 Å². The van der Waals surface area contributed by atoms with Crippen molar-refractivity contribution in [2.24, 2.45) is 0 Å². The zero-order valence-electron chi connectivity index (χ0n) is 40.3. The molecule has 1 aliphatic heterocycles. The van der Waals surface area contributed by atoms with Crippen molar-refractivity contribution in [1.29, 1.82) is 0 Å². The van der Waals surface area contributed by atoms with E-state index >= 15 is 0 Å². The summed E-state index contributed by atoms with van der Waals surface area (Å²) in [5, 5.41) is 2.56. The fraction of sp³-hybridized carbons (Fsp3) is 0.714. The molecule has 2 nitrogen and oxygen atoms in total. The molecule has 0 bridgehead atoms. The number of benzene rings is 2. The van der Waals surface area contributed by atoms with Gasteiger partial charge in [0.2, 0.25) is 11.4 Å². The molecule has 3 heteroatoms. The maximum absolute atomic E-state index is 12.7. The van der Waals surface area contributed by atoms with Crippen LogP contribution >= 0.6 is 0 Å². The first-order valence-corrected chi connectivity index (χ1v) is 27.0. The van der Waals surface area contributed by atoms with E-state index in [1.807, 2.05) is 14.4 Å². The molecule has 0 saturated heterocycles. The first-order valence-electron chi connectivity index (χ1n) is 25.6. The van der Waals surface area contributed by atoms with Gasteiger partial charge in [-0.05, 0) is 124 Å². The van der Waals surface area contributed by atoms with Gasteiger partial charge in [0.1, 0.15) is 0 Å². The number of hydrogen-bond donors (Lipinski definition) is 0. The van der Waals surface area contributed by atoms with Crippen LogP contribution in [0, 0.1) is 0 Å². The van der Waals surface area contributed by atoms with E-state index < -0.39 is 0 Å². The van der Waals surface area contributed by atoms with E-state index in [-0.39, 0.29) is 0 Å². The van der Waals surface area contributed by atoms with Crippen LogP contribution in [0.1, 0.15) is 256 Å². The Kier molecular flexibility index (Phi) is 31.2. The zero-order valence-corrected chi connectivity index (χ0v) is 41.3. The standard InChI is InChI=1S/C52H84N2.2C2H5.Ni/c1-7-13-19-22-25-28-33-45-37-43(31-16-10-4)39-47(41-45)51-49(35-18-12-6)50(36-30-27-24-21-15-9-3)52(54(51)53)48-40-44(32-17-11-5)38-46(42-48)34-29-26-23-20-14-8-2;2*1-2;/h37-42H,7-36H2,1-6H3;2*1H2,2H3;. The number of nitrogens with zero attached hydrogens (tertiary/aromatic N) is 2. The number of allylic oxidation sites excluding steroid dienone is 2. The van der Waals surface area contributed by atoms with Crippen LogP contribution in [0.15, 0.2) is 47.5 Å². The van der Waals surface area contributed by atoms with Gasteiger partial charge in [-0.3, -0.25) is 0 Å². The molecule has 2 aromatic rings. The summed E-state index contributed by atoms with van der Waals surface area (Å²) in [6, 6.07) is 14.8. The predicted molar refractivity (Wildman–Crippen MR) is 260 cm³/mol. The van der Waals surface area contributed by atoms with E-state index in [0.717, 1.165) is 62.8 Å². The van der Waals surface area contributed by atoms with Crippen molar-refractivity contribution in [1.82, 2.24) is 0 Å². The van der Waals surface area contributed by atoms with E-state index in [1.54, 1.807) is 4.70 Å². The Bertz CT molecular complexity index is 1460. The molecule has 3 rings (SSSR count). The summed E-state index contributed by atoms with van der Waals surface area (Å²) >= 11 is 1.82. The van der Waals surface area contributed by atoms with Gasteiger partial charge in [0.05, 0.1) is 0 Å². The molecule has 0 radical (unpaired) electrons. The van der Waals surface area contributed by atoms with Crippen LogP contribution in [-0.2, 0) is 40.1 Å². The third-order valence-electron chi connectivity index (χ3n) is 12.2. The average molecular weight is 854 g/mol. The Hall–Kier alpha value is -1.99. The summed E-state index contributed by atoms with van der Waals surface area (Å²) in [7, 11) is 0. The summed E-state index contributed by atoms with van der Waals surface area (Å²) < 4.78 is 1.69. The first kappa shape index (κ1) is 53.2. The SMILES string of the molecule is CCCCCCCCC1=C(c2cc(CCCC)cc(CCCCCCCC)c2)[N+](=[N-])C(c2cc(CCCC)cc(CCCCCCCC)c2)=C1CCCC.C[CH2][Ni][CH2]C. The summed E-state index contributed by atoms with van der Waals surface area (Å²) in [6.45, 7) is 18.2. The fourth-order valence-corrected chi connectivity index (χ4v) is 9.23. The quantitative estimate of drug-likeness (QED) is 0.0381. The molecule has 1 heterocycles. The van der Waals surface area contributed by atoms with Crippen molar-refractivity contribution < 1.29 is 19.1 Å². The molecule has 2 aromatic carbocycles. The van der Waals surface area contributed by atoms with Gasteiger partial charge in [-0.2, -0.15) is 0 Å². The van der Waals surface area contributed by atoms with Crippen LogP contribution in [0.4, 0.5) is 0 Å². The number of unbranched alkanes of at least 4 members (excludes halogenated alkanes) is 18. The molecule has 0 spiro atoms. The van der Waals surface area contributed by atoms with Crippen molar-refractivity contribution in [2.45, 2.75) is 259 Å². The van der Waals surface area contributed by atoms with Gasteiger partial charge in [0, 0.05) is 22.3 Å². The number of aryl methyl sites for hydroxylation is 4. The first-order chi connectivity index (χ1) is 28.9. The molecule has 0 aliphatic carbocycles. The molecule has 0 amide bonds. The van der Waals surface area contributed by atoms with E-state index in [9.17, 15) is 5.53 Å². The molecule has 338 valence electrons. The molecule has 59 heavy (non-hydrogen) atoms. The molecule has 1 aliphatic rings. The number of hydrogen-bond acceptors (Lipinski definition) is 0. The van der Waals surface area contributed by atoms with Crippen molar-refractivity contribution in [2.75, 3.05) is 0 Å². The second kappa shape index (κ2) is 34.6. The third-order valence-corrected chi connectivity index (χ3v) is 13.2. The normalized spacial score (nSPS) is 12.9. The maximum atomic E-state index is 12.7. The minimum atomic E-state index is 1.03. The van der Waals surface area contributed by atoms with E-state index in [2.05, 4.69) is 91.8 Å². The fourth-order valence-electron chi connectivity index (χ4n) is 8.74. The van der Waals surface area contributed by atoms with E-state index in [1.165, 1.54) is 197 Å². The second-order valence-corrected chi connectivity index (χ2v) is 19.4. The summed E-state index contributed by atoms with van der Waals surface area (Å²) in [5.74, 6) is 0. The number of rotatable bonds is 34. The van der Waals surface area contributed by atoms with Gasteiger partial charge < -0.3 is 5.53 Å². The van der Waals surface area contributed by atoms with Crippen molar-refractivity contribution in [3.8, 4) is 0 Å². The summed E-state index contributed by atoms with van der Waals surface area (Å²) in [5.41, 5.74) is 26.0. The van der Waals surface area contributed by atoms with Gasteiger partial charge in [0.25, 0.3) is 0 Å². The van der Waals surface area contributed by atoms with Gasteiger partial charge in [-0.15, -0.1) is 0 Å². The molecular formula is C56H94N2Ni. The van der Waals surface area contributed by atoms with Gasteiger partial charge in [0.15, 0.2) is 0 Å². The minimum absolute atomic E-state index is 1.03. The van der Waals surface area contributed by atoms with Crippen molar-refractivity contribution in [3.63, 3.8) is 0 Å². The Morgan fingerprint density at radius 2 is 0.610 bits per heavy atom. The molecule has 0 saturated carbocycles. The molecular weight excluding hydrogens is 759 g/mol. The molecule has 0 atom stereocenters. The predicted octanol–water partition coefficient (Wildman–Crippen LogP) is 19.2. The Morgan fingerprint density at radius 3 is 0.932 bits per heavy atom. The van der Waals surface area contributed by atoms with Crippen molar-refractivity contribution >= 4 is 11.4 Å². The molecule has 0 fully saturated rings. The van der Waals surface area contributed by atoms with Crippen LogP contribution in [-0.4, -0.2) is 4.70 Å². The van der Waals surface area contributed by atoms with Crippen LogP contribution in [0.25, 0.3) is 16.9 Å². The molecule has 0 unspecified atom stereocenters. The average Bonchev–Trinajstić information content (AvgIpc) is 3.52. The summed E-state index contributed by atoms with van der Waals surface area (Å²) in [6.07, 6.45) is 37.3. The van der Waals surface area contributed by atoms with Crippen LogP contribution < -0.4 is 0 Å². The molecule has 0 N–H and O–H groups in total. The van der Waals surface area contributed by atoms with Crippen LogP contribution in [0.5, 0.6) is 0 Å².